The molecule has 0 amide bonds. The molecular weight excluding hydrogens is 412 g/mol. The van der Waals surface area contributed by atoms with Crippen LogP contribution in [-0.4, -0.2) is 37.9 Å². The fourth-order valence-electron chi connectivity index (χ4n) is 4.67. The molecule has 0 bridgehead atoms. The molecule has 4 rings (SSSR count). The molecule has 1 fully saturated rings. The molecule has 32 heavy (non-hydrogen) atoms. The fourth-order valence-corrected chi connectivity index (χ4v) is 4.67. The van der Waals surface area contributed by atoms with Crippen molar-refractivity contribution in [3.05, 3.63) is 41.5 Å². The van der Waals surface area contributed by atoms with E-state index < -0.39 is 16.8 Å². The van der Waals surface area contributed by atoms with Crippen LogP contribution in [0.25, 0.3) is 11.1 Å². The van der Waals surface area contributed by atoms with Gasteiger partial charge in [-0.3, -0.25) is 4.79 Å². The highest BCUT2D eigenvalue weighted by molar-refractivity contribution is 5.94. The fraction of sp³-hybridized carbons (Fsp3) is 0.440. The lowest BCUT2D eigenvalue weighted by molar-refractivity contribution is -0.168. The Morgan fingerprint density at radius 1 is 1.09 bits per heavy atom. The Balaban J connectivity index is 1.74. The zero-order valence-electron chi connectivity index (χ0n) is 18.8. The normalized spacial score (nSPS) is 16.6. The molecule has 2 aliphatic rings. The van der Waals surface area contributed by atoms with Gasteiger partial charge in [0, 0.05) is 16.5 Å². The summed E-state index contributed by atoms with van der Waals surface area (Å²) in [5.41, 5.74) is 1.58. The zero-order valence-corrected chi connectivity index (χ0v) is 18.8. The minimum Gasteiger partial charge on any atom is -0.493 e. The number of rotatable bonds is 8. The van der Waals surface area contributed by atoms with Crippen LogP contribution in [0.4, 0.5) is 0 Å². The van der Waals surface area contributed by atoms with Gasteiger partial charge >= 0.3 is 11.9 Å². The summed E-state index contributed by atoms with van der Waals surface area (Å²) in [6, 6.07) is 9.17. The SMILES string of the molecule is COc1ccc(-c2ccc3c(c2)COC3=O)c(OCC(C)(C)C2(C(=O)O)CCC2)c1OC. The van der Waals surface area contributed by atoms with Gasteiger partial charge < -0.3 is 24.1 Å². The number of carbonyl (C=O) groups excluding carboxylic acids is 1. The molecule has 2 aromatic rings. The third-order valence-corrected chi connectivity index (χ3v) is 6.98. The number of carboxylic acid groups (broad SMARTS) is 1. The maximum Gasteiger partial charge on any atom is 0.338 e. The number of ether oxygens (including phenoxy) is 4. The molecule has 170 valence electrons. The zero-order chi connectivity index (χ0) is 23.1. The largest absolute Gasteiger partial charge is 0.493 e. The average Bonchev–Trinajstić information content (AvgIpc) is 3.10. The second kappa shape index (κ2) is 8.04. The Labute approximate surface area is 187 Å². The van der Waals surface area contributed by atoms with Gasteiger partial charge in [0.2, 0.25) is 5.75 Å². The third-order valence-electron chi connectivity index (χ3n) is 6.98. The van der Waals surface area contributed by atoms with Crippen LogP contribution in [0.3, 0.4) is 0 Å². The van der Waals surface area contributed by atoms with E-state index >= 15 is 0 Å². The van der Waals surface area contributed by atoms with Crippen LogP contribution in [0.15, 0.2) is 30.3 Å². The van der Waals surface area contributed by atoms with Crippen molar-refractivity contribution in [2.24, 2.45) is 10.8 Å². The molecule has 0 radical (unpaired) electrons. The van der Waals surface area contributed by atoms with Crippen molar-refractivity contribution in [3.8, 4) is 28.4 Å². The highest BCUT2D eigenvalue weighted by Gasteiger charge is 2.55. The summed E-state index contributed by atoms with van der Waals surface area (Å²) >= 11 is 0. The van der Waals surface area contributed by atoms with Gasteiger partial charge in [-0.25, -0.2) is 4.79 Å². The summed E-state index contributed by atoms with van der Waals surface area (Å²) in [7, 11) is 3.09. The van der Waals surface area contributed by atoms with Crippen LogP contribution in [0.2, 0.25) is 0 Å². The molecule has 2 aromatic carbocycles. The smallest absolute Gasteiger partial charge is 0.338 e. The highest BCUT2D eigenvalue weighted by atomic mass is 16.5. The number of esters is 1. The first kappa shape index (κ1) is 22.0. The summed E-state index contributed by atoms with van der Waals surface area (Å²) in [6.45, 7) is 4.30. The van der Waals surface area contributed by atoms with E-state index in [1.165, 1.54) is 0 Å². The predicted octanol–water partition coefficient (Wildman–Crippen LogP) is 4.70. The van der Waals surface area contributed by atoms with Crippen molar-refractivity contribution < 1.29 is 33.6 Å². The van der Waals surface area contributed by atoms with E-state index in [0.717, 1.165) is 23.1 Å². The van der Waals surface area contributed by atoms with Crippen LogP contribution in [-0.2, 0) is 16.1 Å². The van der Waals surface area contributed by atoms with Crippen molar-refractivity contribution in [1.29, 1.82) is 0 Å². The van der Waals surface area contributed by atoms with E-state index in [1.807, 2.05) is 32.0 Å². The van der Waals surface area contributed by atoms with Gasteiger partial charge in [0.05, 0.1) is 31.8 Å². The van der Waals surface area contributed by atoms with Gasteiger partial charge in [-0.15, -0.1) is 0 Å². The third kappa shape index (κ3) is 3.36. The summed E-state index contributed by atoms with van der Waals surface area (Å²) < 4.78 is 22.5. The molecule has 0 saturated heterocycles. The second-order valence-electron chi connectivity index (χ2n) is 9.04. The van der Waals surface area contributed by atoms with E-state index in [0.29, 0.717) is 35.7 Å². The Morgan fingerprint density at radius 3 is 2.41 bits per heavy atom. The number of carboxylic acids is 1. The Hall–Kier alpha value is -3.22. The number of fused-ring (bicyclic) bond motifs is 1. The molecule has 1 N–H and O–H groups in total. The lowest BCUT2D eigenvalue weighted by atomic mass is 9.54. The lowest BCUT2D eigenvalue weighted by Gasteiger charge is -2.49. The first-order valence-electron chi connectivity index (χ1n) is 10.7. The summed E-state index contributed by atoms with van der Waals surface area (Å²) in [6.07, 6.45) is 2.18. The van der Waals surface area contributed by atoms with E-state index in [9.17, 15) is 14.7 Å². The molecule has 1 aliphatic heterocycles. The van der Waals surface area contributed by atoms with E-state index in [4.69, 9.17) is 18.9 Å². The van der Waals surface area contributed by atoms with Crippen LogP contribution in [0, 0.1) is 10.8 Å². The van der Waals surface area contributed by atoms with Crippen molar-refractivity contribution in [3.63, 3.8) is 0 Å². The van der Waals surface area contributed by atoms with Crippen molar-refractivity contribution in [2.45, 2.75) is 39.7 Å². The lowest BCUT2D eigenvalue weighted by Crippen LogP contribution is -2.52. The molecule has 0 spiro atoms. The van der Waals surface area contributed by atoms with Gasteiger partial charge in [0.25, 0.3) is 0 Å². The van der Waals surface area contributed by atoms with Crippen molar-refractivity contribution in [2.75, 3.05) is 20.8 Å². The molecule has 1 aliphatic carbocycles. The molecule has 0 unspecified atom stereocenters. The predicted molar refractivity (Wildman–Crippen MR) is 117 cm³/mol. The van der Waals surface area contributed by atoms with Crippen LogP contribution < -0.4 is 14.2 Å². The second-order valence-corrected chi connectivity index (χ2v) is 9.04. The van der Waals surface area contributed by atoms with Gasteiger partial charge in [-0.2, -0.15) is 0 Å². The maximum absolute atomic E-state index is 12.1. The topological polar surface area (TPSA) is 91.3 Å². The van der Waals surface area contributed by atoms with E-state index in [1.54, 1.807) is 26.4 Å². The minimum atomic E-state index is -0.801. The standard InChI is InChI=1S/C25H28O7/c1-24(2,25(23(27)28)10-5-11-25)14-32-20-17(8-9-19(29-3)21(20)30-4)15-6-7-18-16(12-15)13-31-22(18)26/h6-9,12H,5,10-11,13-14H2,1-4H3,(H,27,28). The number of carbonyl (C=O) groups is 2. The van der Waals surface area contributed by atoms with Gasteiger partial charge in [-0.1, -0.05) is 26.3 Å². The Kier molecular flexibility index (Phi) is 5.53. The molecule has 1 saturated carbocycles. The molecule has 7 nitrogen and oxygen atoms in total. The van der Waals surface area contributed by atoms with E-state index in [-0.39, 0.29) is 19.2 Å². The van der Waals surface area contributed by atoms with Crippen molar-refractivity contribution in [1.82, 2.24) is 0 Å². The quantitative estimate of drug-likeness (QED) is 0.595. The molecule has 1 heterocycles. The first-order valence-corrected chi connectivity index (χ1v) is 10.7. The number of aliphatic carboxylic acids is 1. The van der Waals surface area contributed by atoms with Gasteiger partial charge in [-0.05, 0) is 42.7 Å². The first-order chi connectivity index (χ1) is 15.2. The monoisotopic (exact) mass is 440 g/mol. The highest BCUT2D eigenvalue weighted by Crippen LogP contribution is 2.55. The molecule has 0 atom stereocenters. The summed E-state index contributed by atoms with van der Waals surface area (Å²) in [5, 5.41) is 9.90. The molecule has 7 heteroatoms. The van der Waals surface area contributed by atoms with E-state index in [2.05, 4.69) is 0 Å². The number of cyclic esters (lactones) is 1. The molecule has 0 aromatic heterocycles. The number of benzene rings is 2. The summed E-state index contributed by atoms with van der Waals surface area (Å²) in [5.74, 6) is 0.326. The number of methoxy groups -OCH3 is 2. The maximum atomic E-state index is 12.1. The Bertz CT molecular complexity index is 1070. The van der Waals surface area contributed by atoms with Gasteiger partial charge in [0.15, 0.2) is 11.5 Å². The number of hydrogen-bond acceptors (Lipinski definition) is 6. The Morgan fingerprint density at radius 2 is 1.81 bits per heavy atom. The number of hydrogen-bond donors (Lipinski definition) is 1. The van der Waals surface area contributed by atoms with Gasteiger partial charge in [0.1, 0.15) is 6.61 Å². The van der Waals surface area contributed by atoms with Crippen LogP contribution in [0.5, 0.6) is 17.2 Å². The van der Waals surface area contributed by atoms with Crippen LogP contribution in [0.1, 0.15) is 49.0 Å². The minimum absolute atomic E-state index is 0.197. The van der Waals surface area contributed by atoms with Crippen LogP contribution >= 0.6 is 0 Å². The molecular formula is C25H28O7. The summed E-state index contributed by atoms with van der Waals surface area (Å²) in [4.78, 5) is 23.9. The van der Waals surface area contributed by atoms with Crippen molar-refractivity contribution >= 4 is 11.9 Å². The average molecular weight is 440 g/mol.